The van der Waals surface area contributed by atoms with Gasteiger partial charge in [-0.2, -0.15) is 0 Å². The Balaban J connectivity index is 1.62. The van der Waals surface area contributed by atoms with Gasteiger partial charge in [-0.1, -0.05) is 15.9 Å². The van der Waals surface area contributed by atoms with Gasteiger partial charge in [0.2, 0.25) is 0 Å². The molecule has 31 heavy (non-hydrogen) atoms. The van der Waals surface area contributed by atoms with Gasteiger partial charge in [0.1, 0.15) is 25.1 Å². The largest absolute Gasteiger partial charge is 0.489 e. The lowest BCUT2D eigenvalue weighted by atomic mass is 10.1. The maximum absolute atomic E-state index is 12.5. The summed E-state index contributed by atoms with van der Waals surface area (Å²) in [6.45, 7) is 2.08. The molecule has 0 saturated heterocycles. The molecular formula is C20H17BrN4O6. The Morgan fingerprint density at radius 3 is 2.61 bits per heavy atom. The van der Waals surface area contributed by atoms with Crippen molar-refractivity contribution in [1.29, 1.82) is 0 Å². The van der Waals surface area contributed by atoms with Crippen LogP contribution < -0.4 is 10.1 Å². The molecule has 3 aromatic rings. The lowest BCUT2D eigenvalue weighted by Crippen LogP contribution is -2.15. The van der Waals surface area contributed by atoms with Crippen molar-refractivity contribution in [3.8, 4) is 5.75 Å². The Morgan fingerprint density at radius 1 is 1.26 bits per heavy atom. The van der Waals surface area contributed by atoms with Crippen molar-refractivity contribution in [2.24, 2.45) is 0 Å². The van der Waals surface area contributed by atoms with E-state index in [-0.39, 0.29) is 30.2 Å². The lowest BCUT2D eigenvalue weighted by Gasteiger charge is -2.10. The van der Waals surface area contributed by atoms with E-state index in [1.807, 2.05) is 0 Å². The first-order chi connectivity index (χ1) is 14.8. The standard InChI is InChI=1S/C20H17BrN4O6/c1-12-22-11-18(25(29)30)24(12)8-9-31-15-5-2-13(3-6-15)19(26)23-17-7-4-14(21)10-16(17)20(27)28/h2-7,10-11H,8-9H2,1H3,(H,23,26)(H,27,28). The van der Waals surface area contributed by atoms with E-state index in [9.17, 15) is 24.8 Å². The molecule has 0 aliphatic rings. The number of carboxylic acid groups (broad SMARTS) is 1. The molecule has 1 amide bonds. The number of anilines is 1. The summed E-state index contributed by atoms with van der Waals surface area (Å²) in [5.41, 5.74) is 0.456. The number of nitrogens with one attached hydrogen (secondary N) is 1. The number of carbonyl (C=O) groups excluding carboxylic acids is 1. The predicted octanol–water partition coefficient (Wildman–Crippen LogP) is 3.89. The second-order valence-electron chi connectivity index (χ2n) is 6.39. The zero-order valence-electron chi connectivity index (χ0n) is 16.2. The molecular weight excluding hydrogens is 472 g/mol. The van der Waals surface area contributed by atoms with Crippen LogP contribution in [-0.2, 0) is 6.54 Å². The third-order valence-corrected chi connectivity index (χ3v) is 4.87. The first kappa shape index (κ1) is 22.0. The van der Waals surface area contributed by atoms with E-state index in [4.69, 9.17) is 4.74 Å². The second kappa shape index (κ2) is 9.39. The van der Waals surface area contributed by atoms with Crippen molar-refractivity contribution in [1.82, 2.24) is 9.55 Å². The zero-order valence-corrected chi connectivity index (χ0v) is 17.8. The predicted molar refractivity (Wildman–Crippen MR) is 115 cm³/mol. The van der Waals surface area contributed by atoms with E-state index >= 15 is 0 Å². The molecule has 1 aromatic heterocycles. The van der Waals surface area contributed by atoms with Crippen molar-refractivity contribution in [3.05, 3.63) is 80.2 Å². The summed E-state index contributed by atoms with van der Waals surface area (Å²) in [5.74, 6) is -0.751. The van der Waals surface area contributed by atoms with Gasteiger partial charge in [0, 0.05) is 17.0 Å². The van der Waals surface area contributed by atoms with Crippen LogP contribution in [0.15, 0.2) is 53.1 Å². The molecule has 0 fully saturated rings. The molecule has 0 unspecified atom stereocenters. The lowest BCUT2D eigenvalue weighted by molar-refractivity contribution is -0.392. The molecule has 0 bridgehead atoms. The van der Waals surface area contributed by atoms with Gasteiger partial charge >= 0.3 is 11.8 Å². The minimum absolute atomic E-state index is 0.0356. The van der Waals surface area contributed by atoms with Crippen molar-refractivity contribution in [2.45, 2.75) is 13.5 Å². The van der Waals surface area contributed by atoms with Crippen LogP contribution in [-0.4, -0.2) is 38.1 Å². The molecule has 0 spiro atoms. The van der Waals surface area contributed by atoms with Crippen molar-refractivity contribution in [2.75, 3.05) is 11.9 Å². The van der Waals surface area contributed by atoms with Crippen LogP contribution >= 0.6 is 15.9 Å². The summed E-state index contributed by atoms with van der Waals surface area (Å²) in [6.07, 6.45) is 1.20. The number of rotatable bonds is 8. The van der Waals surface area contributed by atoms with Crippen LogP contribution in [0, 0.1) is 17.0 Å². The fourth-order valence-corrected chi connectivity index (χ4v) is 3.19. The van der Waals surface area contributed by atoms with E-state index in [0.29, 0.717) is 21.6 Å². The van der Waals surface area contributed by atoms with E-state index < -0.39 is 16.8 Å². The molecule has 2 aromatic carbocycles. The highest BCUT2D eigenvalue weighted by Gasteiger charge is 2.17. The molecule has 3 rings (SSSR count). The number of aryl methyl sites for hydroxylation is 1. The van der Waals surface area contributed by atoms with Gasteiger partial charge in [0.15, 0.2) is 5.82 Å². The number of aromatic nitrogens is 2. The monoisotopic (exact) mass is 488 g/mol. The summed E-state index contributed by atoms with van der Waals surface area (Å²) < 4.78 is 7.63. The topological polar surface area (TPSA) is 137 Å². The normalized spacial score (nSPS) is 10.5. The Kier molecular flexibility index (Phi) is 6.65. The summed E-state index contributed by atoms with van der Waals surface area (Å²) >= 11 is 3.20. The number of carboxylic acids is 1. The second-order valence-corrected chi connectivity index (χ2v) is 7.31. The molecule has 0 aliphatic heterocycles. The van der Waals surface area contributed by atoms with Crippen LogP contribution in [0.25, 0.3) is 0 Å². The molecule has 160 valence electrons. The number of carbonyl (C=O) groups is 2. The Labute approximate surface area is 184 Å². The highest BCUT2D eigenvalue weighted by molar-refractivity contribution is 9.10. The molecule has 0 atom stereocenters. The van der Waals surface area contributed by atoms with Gasteiger partial charge in [-0.25, -0.2) is 14.3 Å². The molecule has 11 heteroatoms. The maximum atomic E-state index is 12.5. The Bertz CT molecular complexity index is 1140. The van der Waals surface area contributed by atoms with Gasteiger partial charge < -0.3 is 25.3 Å². The summed E-state index contributed by atoms with van der Waals surface area (Å²) in [4.78, 5) is 38.3. The number of nitro groups is 1. The number of aromatic carboxylic acids is 1. The number of amides is 1. The smallest absolute Gasteiger partial charge is 0.342 e. The Hall–Kier alpha value is -3.73. The number of ether oxygens (including phenoxy) is 1. The number of imidazole rings is 1. The van der Waals surface area contributed by atoms with Crippen molar-refractivity contribution < 1.29 is 24.4 Å². The summed E-state index contributed by atoms with van der Waals surface area (Å²) in [6, 6.07) is 10.8. The van der Waals surface area contributed by atoms with E-state index in [1.165, 1.54) is 35.0 Å². The maximum Gasteiger partial charge on any atom is 0.342 e. The van der Waals surface area contributed by atoms with Gasteiger partial charge in [-0.15, -0.1) is 0 Å². The quantitative estimate of drug-likeness (QED) is 0.362. The van der Waals surface area contributed by atoms with Crippen LogP contribution in [0.3, 0.4) is 0 Å². The third kappa shape index (κ3) is 5.25. The zero-order chi connectivity index (χ0) is 22.5. The first-order valence-electron chi connectivity index (χ1n) is 9.00. The van der Waals surface area contributed by atoms with Crippen LogP contribution in [0.4, 0.5) is 11.5 Å². The summed E-state index contributed by atoms with van der Waals surface area (Å²) in [5, 5.41) is 22.9. The van der Waals surface area contributed by atoms with Crippen LogP contribution in [0.2, 0.25) is 0 Å². The number of nitrogens with zero attached hydrogens (tertiary/aromatic N) is 3. The average Bonchev–Trinajstić information content (AvgIpc) is 3.10. The van der Waals surface area contributed by atoms with Gasteiger partial charge in [0.25, 0.3) is 5.91 Å². The van der Waals surface area contributed by atoms with Gasteiger partial charge in [-0.3, -0.25) is 4.79 Å². The average molecular weight is 489 g/mol. The van der Waals surface area contributed by atoms with E-state index in [0.717, 1.165) is 0 Å². The Morgan fingerprint density at radius 2 is 1.97 bits per heavy atom. The molecule has 0 aliphatic carbocycles. The number of hydrogen-bond acceptors (Lipinski definition) is 6. The molecule has 1 heterocycles. The highest BCUT2D eigenvalue weighted by atomic mass is 79.9. The number of hydrogen-bond donors (Lipinski definition) is 2. The number of halogens is 1. The molecule has 2 N–H and O–H groups in total. The first-order valence-corrected chi connectivity index (χ1v) is 9.79. The van der Waals surface area contributed by atoms with Crippen LogP contribution in [0.1, 0.15) is 26.5 Å². The van der Waals surface area contributed by atoms with Crippen molar-refractivity contribution in [3.63, 3.8) is 0 Å². The van der Waals surface area contributed by atoms with Crippen LogP contribution in [0.5, 0.6) is 5.75 Å². The molecule has 10 nitrogen and oxygen atoms in total. The van der Waals surface area contributed by atoms with E-state index in [1.54, 1.807) is 25.1 Å². The minimum Gasteiger partial charge on any atom is -0.489 e. The minimum atomic E-state index is -1.16. The molecule has 0 saturated carbocycles. The fourth-order valence-electron chi connectivity index (χ4n) is 2.83. The van der Waals surface area contributed by atoms with Gasteiger partial charge in [-0.05, 0) is 47.4 Å². The highest BCUT2D eigenvalue weighted by Crippen LogP contribution is 2.22. The third-order valence-electron chi connectivity index (χ3n) is 4.38. The molecule has 0 radical (unpaired) electrons. The SMILES string of the molecule is Cc1ncc([N+](=O)[O-])n1CCOc1ccc(C(=O)Nc2ccc(Br)cc2C(=O)O)cc1. The van der Waals surface area contributed by atoms with E-state index in [2.05, 4.69) is 26.2 Å². The van der Waals surface area contributed by atoms with Crippen molar-refractivity contribution >= 4 is 39.3 Å². The number of benzene rings is 2. The fraction of sp³-hybridized carbons (Fsp3) is 0.150. The summed E-state index contributed by atoms with van der Waals surface area (Å²) in [7, 11) is 0. The van der Waals surface area contributed by atoms with Gasteiger partial charge in [0.05, 0.1) is 11.3 Å².